The van der Waals surface area contributed by atoms with E-state index >= 15 is 0 Å². The van der Waals surface area contributed by atoms with Crippen molar-refractivity contribution in [2.24, 2.45) is 7.05 Å². The minimum absolute atomic E-state index is 0.513. The number of benzene rings is 2. The fourth-order valence-electron chi connectivity index (χ4n) is 2.98. The normalized spacial score (nSPS) is 12.6. The van der Waals surface area contributed by atoms with Gasteiger partial charge in [0.1, 0.15) is 0 Å². The van der Waals surface area contributed by atoms with Crippen LogP contribution < -0.4 is 5.32 Å². The molecule has 1 aromatic heterocycles. The lowest BCUT2D eigenvalue weighted by molar-refractivity contribution is 0.515. The SMILES string of the molecule is C[C@H](CCc1ccccc1)NCc1cn(C)c2ccccc12. The van der Waals surface area contributed by atoms with Crippen LogP contribution in [0, 0.1) is 0 Å². The number of hydrogen-bond acceptors (Lipinski definition) is 1. The molecular formula is C20H24N2. The van der Waals surface area contributed by atoms with Gasteiger partial charge >= 0.3 is 0 Å². The second-order valence-corrected chi connectivity index (χ2v) is 6.09. The van der Waals surface area contributed by atoms with Gasteiger partial charge in [-0.05, 0) is 37.0 Å². The molecule has 0 aliphatic heterocycles. The Morgan fingerprint density at radius 2 is 1.73 bits per heavy atom. The zero-order chi connectivity index (χ0) is 15.4. The third-order valence-electron chi connectivity index (χ3n) is 4.33. The van der Waals surface area contributed by atoms with E-state index in [0.29, 0.717) is 6.04 Å². The Morgan fingerprint density at radius 3 is 2.55 bits per heavy atom. The highest BCUT2D eigenvalue weighted by Crippen LogP contribution is 2.20. The third kappa shape index (κ3) is 3.40. The standard InChI is InChI=1S/C20H24N2/c1-16(12-13-17-8-4-3-5-9-17)21-14-18-15-22(2)20-11-7-6-10-19(18)20/h3-11,15-16,21H,12-14H2,1-2H3/t16-/m1/s1. The molecule has 1 atom stereocenters. The summed E-state index contributed by atoms with van der Waals surface area (Å²) in [5, 5.41) is 5.02. The summed E-state index contributed by atoms with van der Waals surface area (Å²) in [6.45, 7) is 3.20. The number of aromatic nitrogens is 1. The molecule has 0 aliphatic carbocycles. The van der Waals surface area contributed by atoms with Gasteiger partial charge in [-0.25, -0.2) is 0 Å². The zero-order valence-electron chi connectivity index (χ0n) is 13.4. The number of para-hydroxylation sites is 1. The van der Waals surface area contributed by atoms with Crippen molar-refractivity contribution in [2.75, 3.05) is 0 Å². The lowest BCUT2D eigenvalue weighted by Crippen LogP contribution is -2.25. The van der Waals surface area contributed by atoms with Gasteiger partial charge in [0.05, 0.1) is 0 Å². The summed E-state index contributed by atoms with van der Waals surface area (Å²) < 4.78 is 2.21. The maximum atomic E-state index is 3.66. The smallest absolute Gasteiger partial charge is 0.0481 e. The van der Waals surface area contributed by atoms with E-state index in [-0.39, 0.29) is 0 Å². The van der Waals surface area contributed by atoms with E-state index < -0.39 is 0 Å². The Hall–Kier alpha value is -2.06. The van der Waals surface area contributed by atoms with Crippen molar-refractivity contribution in [3.8, 4) is 0 Å². The van der Waals surface area contributed by atoms with Crippen LogP contribution in [0.3, 0.4) is 0 Å². The summed E-state index contributed by atoms with van der Waals surface area (Å²) >= 11 is 0. The van der Waals surface area contributed by atoms with Crippen molar-refractivity contribution in [2.45, 2.75) is 32.4 Å². The van der Waals surface area contributed by atoms with Crippen LogP contribution in [0.25, 0.3) is 10.9 Å². The van der Waals surface area contributed by atoms with Crippen LogP contribution in [0.4, 0.5) is 0 Å². The summed E-state index contributed by atoms with van der Waals surface area (Å²) in [7, 11) is 2.12. The average molecular weight is 292 g/mol. The second-order valence-electron chi connectivity index (χ2n) is 6.09. The lowest BCUT2D eigenvalue weighted by Gasteiger charge is -2.13. The summed E-state index contributed by atoms with van der Waals surface area (Å²) in [6, 6.07) is 19.8. The van der Waals surface area contributed by atoms with Crippen molar-refractivity contribution in [3.05, 3.63) is 71.9 Å². The molecule has 0 saturated heterocycles. The van der Waals surface area contributed by atoms with Crippen LogP contribution >= 0.6 is 0 Å². The number of nitrogens with zero attached hydrogens (tertiary/aromatic N) is 1. The van der Waals surface area contributed by atoms with Gasteiger partial charge in [0.15, 0.2) is 0 Å². The van der Waals surface area contributed by atoms with Gasteiger partial charge in [-0.1, -0.05) is 48.5 Å². The minimum atomic E-state index is 0.513. The molecule has 2 heteroatoms. The van der Waals surface area contributed by atoms with E-state index in [0.717, 1.165) is 19.4 Å². The Bertz CT molecular complexity index is 728. The van der Waals surface area contributed by atoms with E-state index in [4.69, 9.17) is 0 Å². The third-order valence-corrected chi connectivity index (χ3v) is 4.33. The first kappa shape index (κ1) is 14.9. The fraction of sp³-hybridized carbons (Fsp3) is 0.300. The molecule has 3 aromatic rings. The number of nitrogens with one attached hydrogen (secondary N) is 1. The van der Waals surface area contributed by atoms with Crippen molar-refractivity contribution >= 4 is 10.9 Å². The first-order chi connectivity index (χ1) is 10.7. The molecule has 0 spiro atoms. The molecule has 0 bridgehead atoms. The summed E-state index contributed by atoms with van der Waals surface area (Å²) in [5.74, 6) is 0. The molecule has 1 heterocycles. The van der Waals surface area contributed by atoms with Crippen LogP contribution in [0.5, 0.6) is 0 Å². The fourth-order valence-corrected chi connectivity index (χ4v) is 2.98. The summed E-state index contributed by atoms with van der Waals surface area (Å²) in [6.07, 6.45) is 4.53. The Kier molecular flexibility index (Phi) is 4.59. The van der Waals surface area contributed by atoms with Gasteiger partial charge in [-0.3, -0.25) is 0 Å². The first-order valence-corrected chi connectivity index (χ1v) is 8.04. The molecule has 2 nitrogen and oxygen atoms in total. The van der Waals surface area contributed by atoms with Crippen LogP contribution in [0.1, 0.15) is 24.5 Å². The Balaban J connectivity index is 1.57. The molecule has 3 rings (SSSR count). The topological polar surface area (TPSA) is 17.0 Å². The molecule has 0 fully saturated rings. The number of rotatable bonds is 6. The van der Waals surface area contributed by atoms with Crippen molar-refractivity contribution in [1.82, 2.24) is 9.88 Å². The van der Waals surface area contributed by atoms with Gasteiger partial charge in [0.2, 0.25) is 0 Å². The molecule has 114 valence electrons. The predicted molar refractivity (Wildman–Crippen MR) is 94.0 cm³/mol. The quantitative estimate of drug-likeness (QED) is 0.717. The largest absolute Gasteiger partial charge is 0.350 e. The summed E-state index contributed by atoms with van der Waals surface area (Å²) in [5.41, 5.74) is 4.10. The highest BCUT2D eigenvalue weighted by Gasteiger charge is 2.07. The minimum Gasteiger partial charge on any atom is -0.350 e. The first-order valence-electron chi connectivity index (χ1n) is 8.04. The van der Waals surface area contributed by atoms with E-state index in [1.165, 1.54) is 22.0 Å². The monoisotopic (exact) mass is 292 g/mol. The molecule has 0 amide bonds. The van der Waals surface area contributed by atoms with Crippen molar-refractivity contribution in [1.29, 1.82) is 0 Å². The van der Waals surface area contributed by atoms with Crippen LogP contribution in [-0.4, -0.2) is 10.6 Å². The Morgan fingerprint density at radius 1 is 1.00 bits per heavy atom. The molecule has 22 heavy (non-hydrogen) atoms. The van der Waals surface area contributed by atoms with Crippen LogP contribution in [0.2, 0.25) is 0 Å². The Labute approximate surface area is 132 Å². The number of aryl methyl sites for hydroxylation is 2. The van der Waals surface area contributed by atoms with E-state index in [1.807, 2.05) is 0 Å². The average Bonchev–Trinajstić information content (AvgIpc) is 2.89. The maximum absolute atomic E-state index is 3.66. The van der Waals surface area contributed by atoms with Crippen molar-refractivity contribution in [3.63, 3.8) is 0 Å². The molecule has 0 saturated carbocycles. The number of hydrogen-bond donors (Lipinski definition) is 1. The molecule has 0 aliphatic rings. The lowest BCUT2D eigenvalue weighted by atomic mass is 10.1. The van der Waals surface area contributed by atoms with E-state index in [1.54, 1.807) is 0 Å². The van der Waals surface area contributed by atoms with Gasteiger partial charge in [0, 0.05) is 36.7 Å². The van der Waals surface area contributed by atoms with Crippen LogP contribution in [-0.2, 0) is 20.0 Å². The molecule has 2 aromatic carbocycles. The maximum Gasteiger partial charge on any atom is 0.0481 e. The van der Waals surface area contributed by atoms with E-state index in [9.17, 15) is 0 Å². The number of fused-ring (bicyclic) bond motifs is 1. The molecule has 0 radical (unpaired) electrons. The summed E-state index contributed by atoms with van der Waals surface area (Å²) in [4.78, 5) is 0. The van der Waals surface area contributed by atoms with E-state index in [2.05, 4.69) is 84.6 Å². The highest BCUT2D eigenvalue weighted by atomic mass is 14.9. The van der Waals surface area contributed by atoms with Crippen molar-refractivity contribution < 1.29 is 0 Å². The second kappa shape index (κ2) is 6.80. The molecule has 0 unspecified atom stereocenters. The molecular weight excluding hydrogens is 268 g/mol. The molecule has 1 N–H and O–H groups in total. The van der Waals surface area contributed by atoms with Gasteiger partial charge in [0.25, 0.3) is 0 Å². The zero-order valence-corrected chi connectivity index (χ0v) is 13.4. The van der Waals surface area contributed by atoms with Gasteiger partial charge < -0.3 is 9.88 Å². The highest BCUT2D eigenvalue weighted by molar-refractivity contribution is 5.83. The van der Waals surface area contributed by atoms with Gasteiger partial charge in [-0.15, -0.1) is 0 Å². The van der Waals surface area contributed by atoms with Crippen LogP contribution in [0.15, 0.2) is 60.8 Å². The van der Waals surface area contributed by atoms with Gasteiger partial charge in [-0.2, -0.15) is 0 Å². The predicted octanol–water partition coefficient (Wildman–Crippen LogP) is 4.29.